The zero-order valence-electron chi connectivity index (χ0n) is 9.56. The number of hydrogen-bond acceptors (Lipinski definition) is 4. The number of rotatable bonds is 6. The minimum absolute atomic E-state index is 0.0887. The summed E-state index contributed by atoms with van der Waals surface area (Å²) in [5, 5.41) is 11.2. The van der Waals surface area contributed by atoms with Crippen molar-refractivity contribution in [3.8, 4) is 0 Å². The van der Waals surface area contributed by atoms with Gasteiger partial charge in [-0.2, -0.15) is 11.8 Å². The second-order valence-corrected chi connectivity index (χ2v) is 5.39. The monoisotopic (exact) mass is 274 g/mol. The summed E-state index contributed by atoms with van der Waals surface area (Å²) < 4.78 is 0. The van der Waals surface area contributed by atoms with Crippen LogP contribution in [0.3, 0.4) is 0 Å². The van der Waals surface area contributed by atoms with Gasteiger partial charge in [0.05, 0.1) is 4.92 Å². The average molecular weight is 275 g/mol. The normalized spacial score (nSPS) is 12.4. The molecule has 4 nitrogen and oxygen atoms in total. The lowest BCUT2D eigenvalue weighted by molar-refractivity contribution is -0.385. The zero-order valence-corrected chi connectivity index (χ0v) is 11.1. The van der Waals surface area contributed by atoms with Crippen LogP contribution >= 0.6 is 23.4 Å². The SMILES string of the molecule is CC(N)CCSCc1ccc(Cl)cc1[N+](=O)[O-]. The summed E-state index contributed by atoms with van der Waals surface area (Å²) in [6, 6.07) is 4.95. The van der Waals surface area contributed by atoms with Gasteiger partial charge >= 0.3 is 0 Å². The van der Waals surface area contributed by atoms with E-state index in [9.17, 15) is 10.1 Å². The molecule has 1 rings (SSSR count). The summed E-state index contributed by atoms with van der Waals surface area (Å²) in [7, 11) is 0. The lowest BCUT2D eigenvalue weighted by Gasteiger charge is -2.05. The van der Waals surface area contributed by atoms with Crippen molar-refractivity contribution in [1.29, 1.82) is 0 Å². The molecule has 0 saturated carbocycles. The zero-order chi connectivity index (χ0) is 12.8. The molecular weight excluding hydrogens is 260 g/mol. The van der Waals surface area contributed by atoms with Crippen LogP contribution in [0.4, 0.5) is 5.69 Å². The molecule has 94 valence electrons. The summed E-state index contributed by atoms with van der Waals surface area (Å²) in [6.07, 6.45) is 0.909. The van der Waals surface area contributed by atoms with Crippen molar-refractivity contribution in [1.82, 2.24) is 0 Å². The highest BCUT2D eigenvalue weighted by Gasteiger charge is 2.13. The lowest BCUT2D eigenvalue weighted by Crippen LogP contribution is -2.15. The molecule has 1 atom stereocenters. The van der Waals surface area contributed by atoms with Crippen LogP contribution in [0.15, 0.2) is 18.2 Å². The fraction of sp³-hybridized carbons (Fsp3) is 0.455. The van der Waals surface area contributed by atoms with Crippen LogP contribution in [0.2, 0.25) is 5.02 Å². The Morgan fingerprint density at radius 1 is 1.59 bits per heavy atom. The number of nitrogens with two attached hydrogens (primary N) is 1. The molecule has 1 unspecified atom stereocenters. The summed E-state index contributed by atoms with van der Waals surface area (Å²) in [4.78, 5) is 10.4. The van der Waals surface area contributed by atoms with Gasteiger partial charge in [-0.25, -0.2) is 0 Å². The molecule has 0 aromatic heterocycles. The first kappa shape index (κ1) is 14.3. The van der Waals surface area contributed by atoms with Crippen molar-refractivity contribution in [3.05, 3.63) is 38.9 Å². The van der Waals surface area contributed by atoms with E-state index in [0.717, 1.165) is 12.2 Å². The van der Waals surface area contributed by atoms with Crippen molar-refractivity contribution in [2.45, 2.75) is 25.1 Å². The van der Waals surface area contributed by atoms with E-state index < -0.39 is 4.92 Å². The van der Waals surface area contributed by atoms with Gasteiger partial charge in [-0.1, -0.05) is 11.6 Å². The quantitative estimate of drug-likeness (QED) is 0.491. The standard InChI is InChI=1S/C11H15ClN2O2S/c1-8(13)4-5-17-7-9-2-3-10(12)6-11(9)14(15)16/h2-3,6,8H,4-5,7,13H2,1H3. The Kier molecular flexibility index (Phi) is 5.74. The van der Waals surface area contributed by atoms with E-state index in [-0.39, 0.29) is 11.7 Å². The van der Waals surface area contributed by atoms with Gasteiger partial charge in [0.25, 0.3) is 5.69 Å². The van der Waals surface area contributed by atoms with Gasteiger partial charge in [0.2, 0.25) is 0 Å². The topological polar surface area (TPSA) is 69.2 Å². The largest absolute Gasteiger partial charge is 0.328 e. The molecule has 0 aliphatic heterocycles. The molecule has 1 aromatic carbocycles. The Morgan fingerprint density at radius 3 is 2.88 bits per heavy atom. The average Bonchev–Trinajstić information content (AvgIpc) is 2.25. The van der Waals surface area contributed by atoms with Crippen LogP contribution in [-0.4, -0.2) is 16.7 Å². The third-order valence-electron chi connectivity index (χ3n) is 2.22. The number of halogens is 1. The second-order valence-electron chi connectivity index (χ2n) is 3.85. The Labute approximate surface area is 110 Å². The summed E-state index contributed by atoms with van der Waals surface area (Å²) in [5.74, 6) is 1.51. The number of thioether (sulfide) groups is 1. The molecule has 6 heteroatoms. The number of nitro benzene ring substituents is 1. The van der Waals surface area contributed by atoms with Crippen LogP contribution in [0.5, 0.6) is 0 Å². The number of hydrogen-bond donors (Lipinski definition) is 1. The Morgan fingerprint density at radius 2 is 2.29 bits per heavy atom. The highest BCUT2D eigenvalue weighted by molar-refractivity contribution is 7.98. The predicted molar refractivity (Wildman–Crippen MR) is 72.5 cm³/mol. The van der Waals surface area contributed by atoms with Crippen LogP contribution in [-0.2, 0) is 5.75 Å². The fourth-order valence-electron chi connectivity index (χ4n) is 1.28. The minimum atomic E-state index is -0.396. The van der Waals surface area contributed by atoms with Gasteiger partial charge in [-0.3, -0.25) is 10.1 Å². The van der Waals surface area contributed by atoms with Crippen LogP contribution < -0.4 is 5.73 Å². The van der Waals surface area contributed by atoms with Crippen LogP contribution in [0.25, 0.3) is 0 Å². The van der Waals surface area contributed by atoms with E-state index >= 15 is 0 Å². The van der Waals surface area contributed by atoms with Crippen molar-refractivity contribution in [2.75, 3.05) is 5.75 Å². The van der Waals surface area contributed by atoms with E-state index in [1.807, 2.05) is 6.92 Å². The number of nitrogens with zero attached hydrogens (tertiary/aromatic N) is 1. The van der Waals surface area contributed by atoms with E-state index in [4.69, 9.17) is 17.3 Å². The van der Waals surface area contributed by atoms with Crippen molar-refractivity contribution in [3.63, 3.8) is 0 Å². The Hall–Kier alpha value is -0.780. The van der Waals surface area contributed by atoms with Crippen molar-refractivity contribution < 1.29 is 4.92 Å². The summed E-state index contributed by atoms with van der Waals surface area (Å²) in [5.41, 5.74) is 6.42. The van der Waals surface area contributed by atoms with Crippen molar-refractivity contribution in [2.24, 2.45) is 5.73 Å². The molecule has 1 aromatic rings. The first-order chi connectivity index (χ1) is 8.00. The molecule has 0 radical (unpaired) electrons. The molecule has 0 amide bonds. The molecule has 0 aliphatic rings. The van der Waals surface area contributed by atoms with Crippen LogP contribution in [0.1, 0.15) is 18.9 Å². The van der Waals surface area contributed by atoms with E-state index in [0.29, 0.717) is 16.3 Å². The molecule has 0 bridgehead atoms. The highest BCUT2D eigenvalue weighted by atomic mass is 35.5. The Bertz CT molecular complexity index is 399. The molecule has 17 heavy (non-hydrogen) atoms. The van der Waals surface area contributed by atoms with Gasteiger partial charge in [0.15, 0.2) is 0 Å². The van der Waals surface area contributed by atoms with Gasteiger partial charge in [-0.15, -0.1) is 0 Å². The minimum Gasteiger partial charge on any atom is -0.328 e. The van der Waals surface area contributed by atoms with Crippen molar-refractivity contribution >= 4 is 29.1 Å². The molecule has 0 fully saturated rings. The smallest absolute Gasteiger partial charge is 0.274 e. The molecule has 2 N–H and O–H groups in total. The van der Waals surface area contributed by atoms with E-state index in [1.54, 1.807) is 23.9 Å². The fourth-order valence-corrected chi connectivity index (χ4v) is 2.59. The van der Waals surface area contributed by atoms with Gasteiger partial charge in [0, 0.05) is 28.4 Å². The first-order valence-corrected chi connectivity index (χ1v) is 6.80. The summed E-state index contributed by atoms with van der Waals surface area (Å²) in [6.45, 7) is 1.95. The lowest BCUT2D eigenvalue weighted by atomic mass is 10.2. The first-order valence-electron chi connectivity index (χ1n) is 5.27. The highest BCUT2D eigenvalue weighted by Crippen LogP contribution is 2.26. The second kappa shape index (κ2) is 6.83. The third kappa shape index (κ3) is 4.93. The molecule has 0 heterocycles. The van der Waals surface area contributed by atoms with Crippen LogP contribution in [0, 0.1) is 10.1 Å². The van der Waals surface area contributed by atoms with Gasteiger partial charge < -0.3 is 5.73 Å². The van der Waals surface area contributed by atoms with Gasteiger partial charge in [-0.05, 0) is 31.2 Å². The predicted octanol–water partition coefficient (Wildman–Crippen LogP) is 3.22. The third-order valence-corrected chi connectivity index (χ3v) is 3.49. The Balaban J connectivity index is 2.61. The molecular formula is C11H15ClN2O2S. The maximum Gasteiger partial charge on any atom is 0.274 e. The van der Waals surface area contributed by atoms with E-state index in [1.165, 1.54) is 6.07 Å². The number of benzene rings is 1. The van der Waals surface area contributed by atoms with Gasteiger partial charge in [0.1, 0.15) is 0 Å². The summed E-state index contributed by atoms with van der Waals surface area (Å²) >= 11 is 7.38. The maximum atomic E-state index is 10.8. The van der Waals surface area contributed by atoms with E-state index in [2.05, 4.69) is 0 Å². The molecule has 0 aliphatic carbocycles. The maximum absolute atomic E-state index is 10.8. The molecule has 0 spiro atoms. The number of nitro groups is 1. The molecule has 0 saturated heterocycles.